The smallest absolute Gasteiger partial charge is 0.348 e. The predicted molar refractivity (Wildman–Crippen MR) is 59.3 cm³/mol. The first-order chi connectivity index (χ1) is 7.99. The number of hydrogen-bond donors (Lipinski definition) is 0. The van der Waals surface area contributed by atoms with E-state index in [-0.39, 0.29) is 0 Å². The van der Waals surface area contributed by atoms with Crippen LogP contribution in [-0.4, -0.2) is 17.9 Å². The van der Waals surface area contributed by atoms with Crippen LogP contribution in [0.3, 0.4) is 0 Å². The lowest BCUT2D eigenvalue weighted by Crippen LogP contribution is -2.32. The SMILES string of the molecule is C=CC1OC1(/C=C/c1ccccc1)C(F)(F)F. The summed E-state index contributed by atoms with van der Waals surface area (Å²) in [5.74, 6) is 0. The van der Waals surface area contributed by atoms with Crippen molar-refractivity contribution >= 4 is 6.08 Å². The monoisotopic (exact) mass is 240 g/mol. The fourth-order valence-electron chi connectivity index (χ4n) is 1.64. The fourth-order valence-corrected chi connectivity index (χ4v) is 1.64. The lowest BCUT2D eigenvalue weighted by Gasteiger charge is -2.12. The van der Waals surface area contributed by atoms with Crippen LogP contribution in [0.25, 0.3) is 6.08 Å². The van der Waals surface area contributed by atoms with Crippen molar-refractivity contribution in [1.82, 2.24) is 0 Å². The standard InChI is InChI=1S/C13H11F3O/c1-2-11-12(17-11,13(14,15)16)9-8-10-6-4-3-5-7-10/h2-9,11H,1H2/b9-8+. The lowest BCUT2D eigenvalue weighted by atomic mass is 10.0. The first-order valence-corrected chi connectivity index (χ1v) is 5.11. The van der Waals surface area contributed by atoms with Gasteiger partial charge in [0.05, 0.1) is 0 Å². The summed E-state index contributed by atoms with van der Waals surface area (Å²) in [6.07, 6.45) is -1.77. The molecule has 2 unspecified atom stereocenters. The van der Waals surface area contributed by atoms with Crippen molar-refractivity contribution in [2.75, 3.05) is 0 Å². The van der Waals surface area contributed by atoms with Crippen molar-refractivity contribution < 1.29 is 17.9 Å². The van der Waals surface area contributed by atoms with Crippen LogP contribution < -0.4 is 0 Å². The van der Waals surface area contributed by atoms with Gasteiger partial charge in [0.15, 0.2) is 0 Å². The molecule has 0 N–H and O–H groups in total. The molecule has 1 saturated heterocycles. The van der Waals surface area contributed by atoms with Gasteiger partial charge in [-0.1, -0.05) is 42.5 Å². The Hall–Kier alpha value is -1.55. The zero-order valence-corrected chi connectivity index (χ0v) is 8.95. The Kier molecular flexibility index (Phi) is 2.83. The van der Waals surface area contributed by atoms with Crippen molar-refractivity contribution in [2.24, 2.45) is 0 Å². The first-order valence-electron chi connectivity index (χ1n) is 5.11. The van der Waals surface area contributed by atoms with Gasteiger partial charge in [-0.15, -0.1) is 6.58 Å². The highest BCUT2D eigenvalue weighted by Gasteiger charge is 2.70. The molecular formula is C13H11F3O. The van der Waals surface area contributed by atoms with Gasteiger partial charge in [0.1, 0.15) is 6.10 Å². The summed E-state index contributed by atoms with van der Waals surface area (Å²) in [6, 6.07) is 8.78. The molecule has 1 heterocycles. The van der Waals surface area contributed by atoms with Gasteiger partial charge in [-0.05, 0) is 11.6 Å². The topological polar surface area (TPSA) is 12.5 Å². The molecule has 1 aliphatic heterocycles. The summed E-state index contributed by atoms with van der Waals surface area (Å²) in [4.78, 5) is 0. The summed E-state index contributed by atoms with van der Waals surface area (Å²) in [6.45, 7) is 3.33. The summed E-state index contributed by atoms with van der Waals surface area (Å²) >= 11 is 0. The van der Waals surface area contributed by atoms with Crippen molar-refractivity contribution in [3.05, 3.63) is 54.6 Å². The van der Waals surface area contributed by atoms with E-state index in [0.29, 0.717) is 5.56 Å². The second-order valence-electron chi connectivity index (χ2n) is 3.81. The number of benzene rings is 1. The number of epoxide rings is 1. The molecule has 1 aromatic rings. The number of halogens is 3. The molecule has 0 saturated carbocycles. The van der Waals surface area contributed by atoms with Crippen LogP contribution in [0.1, 0.15) is 5.56 Å². The van der Waals surface area contributed by atoms with Gasteiger partial charge in [0.2, 0.25) is 5.60 Å². The van der Waals surface area contributed by atoms with Crippen LogP contribution in [-0.2, 0) is 4.74 Å². The van der Waals surface area contributed by atoms with Crippen molar-refractivity contribution in [1.29, 1.82) is 0 Å². The van der Waals surface area contributed by atoms with Gasteiger partial charge in [-0.25, -0.2) is 0 Å². The number of hydrogen-bond acceptors (Lipinski definition) is 1. The Bertz CT molecular complexity index is 436. The molecule has 0 amide bonds. The van der Waals surface area contributed by atoms with Crippen molar-refractivity contribution in [3.8, 4) is 0 Å². The minimum Gasteiger partial charge on any atom is -0.348 e. The van der Waals surface area contributed by atoms with Crippen LogP contribution in [0.4, 0.5) is 13.2 Å². The van der Waals surface area contributed by atoms with Gasteiger partial charge in [0, 0.05) is 0 Å². The normalized spacial score (nSPS) is 28.3. The third-order valence-electron chi connectivity index (χ3n) is 2.67. The zero-order valence-electron chi connectivity index (χ0n) is 8.95. The molecule has 0 aliphatic carbocycles. The van der Waals surface area contributed by atoms with Crippen molar-refractivity contribution in [2.45, 2.75) is 17.9 Å². The molecule has 0 aromatic heterocycles. The molecule has 0 spiro atoms. The van der Waals surface area contributed by atoms with Crippen LogP contribution in [0, 0.1) is 0 Å². The molecule has 1 nitrogen and oxygen atoms in total. The highest BCUT2D eigenvalue weighted by atomic mass is 19.4. The lowest BCUT2D eigenvalue weighted by molar-refractivity contribution is -0.169. The average molecular weight is 240 g/mol. The summed E-state index contributed by atoms with van der Waals surface area (Å²) in [7, 11) is 0. The van der Waals surface area contributed by atoms with Gasteiger partial charge in [-0.3, -0.25) is 0 Å². The highest BCUT2D eigenvalue weighted by Crippen LogP contribution is 2.51. The second-order valence-corrected chi connectivity index (χ2v) is 3.81. The molecule has 2 atom stereocenters. The van der Waals surface area contributed by atoms with E-state index >= 15 is 0 Å². The Balaban J connectivity index is 2.22. The molecule has 0 radical (unpaired) electrons. The minimum absolute atomic E-state index is 0.703. The summed E-state index contributed by atoms with van der Waals surface area (Å²) in [5, 5.41) is 0. The molecule has 1 aromatic carbocycles. The number of rotatable bonds is 3. The number of alkyl halides is 3. The van der Waals surface area contributed by atoms with E-state index in [9.17, 15) is 13.2 Å². The maximum Gasteiger partial charge on any atom is 0.424 e. The van der Waals surface area contributed by atoms with E-state index in [4.69, 9.17) is 4.74 Å². The largest absolute Gasteiger partial charge is 0.424 e. The molecule has 1 aliphatic rings. The first kappa shape index (κ1) is 11.9. The predicted octanol–water partition coefficient (Wildman–Crippen LogP) is 3.59. The van der Waals surface area contributed by atoms with E-state index in [2.05, 4.69) is 6.58 Å². The maximum absolute atomic E-state index is 12.8. The molecular weight excluding hydrogens is 229 g/mol. The Morgan fingerprint density at radius 2 is 1.88 bits per heavy atom. The van der Waals surface area contributed by atoms with Gasteiger partial charge >= 0.3 is 6.18 Å². The summed E-state index contributed by atoms with van der Waals surface area (Å²) in [5.41, 5.74) is -1.49. The average Bonchev–Trinajstić information content (AvgIpc) is 3.02. The van der Waals surface area contributed by atoms with Crippen LogP contribution >= 0.6 is 0 Å². The Morgan fingerprint density at radius 1 is 1.24 bits per heavy atom. The van der Waals surface area contributed by atoms with Crippen LogP contribution in [0.15, 0.2) is 49.1 Å². The molecule has 17 heavy (non-hydrogen) atoms. The highest BCUT2D eigenvalue weighted by molar-refractivity contribution is 5.52. The molecule has 4 heteroatoms. The molecule has 0 bridgehead atoms. The molecule has 1 fully saturated rings. The second kappa shape index (κ2) is 4.04. The van der Waals surface area contributed by atoms with Gasteiger partial charge in [-0.2, -0.15) is 13.2 Å². The van der Waals surface area contributed by atoms with Crippen molar-refractivity contribution in [3.63, 3.8) is 0 Å². The third kappa shape index (κ3) is 2.13. The van der Waals surface area contributed by atoms with Crippen LogP contribution in [0.2, 0.25) is 0 Å². The van der Waals surface area contributed by atoms with Gasteiger partial charge < -0.3 is 4.74 Å². The van der Waals surface area contributed by atoms with E-state index in [1.165, 1.54) is 12.2 Å². The quantitative estimate of drug-likeness (QED) is 0.581. The minimum atomic E-state index is -4.42. The third-order valence-corrected chi connectivity index (χ3v) is 2.67. The maximum atomic E-state index is 12.8. The number of ether oxygens (including phenoxy) is 1. The Labute approximate surface area is 97.2 Å². The van der Waals surface area contributed by atoms with E-state index in [1.807, 2.05) is 0 Å². The van der Waals surface area contributed by atoms with E-state index in [1.54, 1.807) is 30.3 Å². The zero-order chi connectivity index (χ0) is 12.5. The van der Waals surface area contributed by atoms with Crippen LogP contribution in [0.5, 0.6) is 0 Å². The molecule has 90 valence electrons. The van der Waals surface area contributed by atoms with E-state index in [0.717, 1.165) is 6.08 Å². The van der Waals surface area contributed by atoms with E-state index < -0.39 is 17.9 Å². The Morgan fingerprint density at radius 3 is 2.35 bits per heavy atom. The molecule has 2 rings (SSSR count). The summed E-state index contributed by atoms with van der Waals surface area (Å²) < 4.78 is 43.1. The fraction of sp³-hybridized carbons (Fsp3) is 0.231. The van der Waals surface area contributed by atoms with Gasteiger partial charge in [0.25, 0.3) is 0 Å².